The Kier molecular flexibility index (Phi) is 8.00. The first-order chi connectivity index (χ1) is 16.5. The van der Waals surface area contributed by atoms with Crippen molar-refractivity contribution in [1.82, 2.24) is 9.80 Å². The number of aliphatic hydroxyl groups excluding tert-OH is 1. The van der Waals surface area contributed by atoms with E-state index in [-0.39, 0.29) is 18.6 Å². The van der Waals surface area contributed by atoms with Crippen LogP contribution in [0, 0.1) is 13.8 Å². The van der Waals surface area contributed by atoms with Gasteiger partial charge in [0.2, 0.25) is 0 Å². The quantitative estimate of drug-likeness (QED) is 0.504. The smallest absolute Gasteiger partial charge is 0.256 e. The fourth-order valence-corrected chi connectivity index (χ4v) is 5.65. The molecule has 4 rings (SSSR count). The Balaban J connectivity index is 1.71. The molecule has 0 radical (unpaired) electrons. The third-order valence-electron chi connectivity index (χ3n) is 6.59. The van der Waals surface area contributed by atoms with E-state index in [9.17, 15) is 9.90 Å². The summed E-state index contributed by atoms with van der Waals surface area (Å²) in [5, 5.41) is 13.5. The topological polar surface area (TPSA) is 65.0 Å². The molecule has 1 aliphatic heterocycles. The Hall–Kier alpha value is -2.71. The lowest BCUT2D eigenvalue weighted by atomic mass is 9.94. The van der Waals surface area contributed by atoms with Gasteiger partial charge in [-0.3, -0.25) is 14.6 Å². The van der Waals surface area contributed by atoms with Crippen LogP contribution in [0.15, 0.2) is 54.6 Å². The summed E-state index contributed by atoms with van der Waals surface area (Å²) in [7, 11) is 1.68. The lowest BCUT2D eigenvalue weighted by molar-refractivity contribution is 0.0944. The van der Waals surface area contributed by atoms with Gasteiger partial charge < -0.3 is 15.2 Å². The minimum absolute atomic E-state index is 0.0122. The fraction of sp³-hybridized carbons (Fsp3) is 0.370. The highest BCUT2D eigenvalue weighted by atomic mass is 32.1. The van der Waals surface area contributed by atoms with Crippen molar-refractivity contribution in [3.05, 3.63) is 81.7 Å². The molecular weight excluding hydrogens is 446 g/mol. The molecule has 6 nitrogen and oxygen atoms in total. The maximum Gasteiger partial charge on any atom is 0.256 e. The normalized spacial score (nSPS) is 15.8. The van der Waals surface area contributed by atoms with Crippen LogP contribution in [0.2, 0.25) is 0 Å². The van der Waals surface area contributed by atoms with Crippen LogP contribution in [-0.4, -0.2) is 67.3 Å². The Bertz CT molecular complexity index is 1090. The molecule has 1 atom stereocenters. The van der Waals surface area contributed by atoms with E-state index in [1.807, 2.05) is 42.5 Å². The lowest BCUT2D eigenvalue weighted by Crippen LogP contribution is -2.48. The van der Waals surface area contributed by atoms with E-state index in [4.69, 9.17) is 4.74 Å². The second-order valence-corrected chi connectivity index (χ2v) is 9.85. The van der Waals surface area contributed by atoms with Crippen LogP contribution in [0.5, 0.6) is 5.75 Å². The molecule has 1 aromatic heterocycles. The molecule has 180 valence electrons. The molecule has 0 saturated carbocycles. The van der Waals surface area contributed by atoms with Crippen molar-refractivity contribution in [2.24, 2.45) is 0 Å². The number of carbonyl (C=O) groups excluding carboxylic acids is 1. The first-order valence-corrected chi connectivity index (χ1v) is 12.5. The Morgan fingerprint density at radius 1 is 1.06 bits per heavy atom. The summed E-state index contributed by atoms with van der Waals surface area (Å²) in [6.45, 7) is 8.73. The molecule has 1 aliphatic rings. The molecule has 0 spiro atoms. The second-order valence-electron chi connectivity index (χ2n) is 8.62. The molecule has 3 aromatic rings. The van der Waals surface area contributed by atoms with Gasteiger partial charge in [-0.1, -0.05) is 30.3 Å². The van der Waals surface area contributed by atoms with Crippen molar-refractivity contribution in [3.8, 4) is 5.75 Å². The summed E-state index contributed by atoms with van der Waals surface area (Å²) in [6, 6.07) is 17.6. The lowest BCUT2D eigenvalue weighted by Gasteiger charge is -2.40. The van der Waals surface area contributed by atoms with Gasteiger partial charge in [0, 0.05) is 48.7 Å². The van der Waals surface area contributed by atoms with Crippen LogP contribution >= 0.6 is 11.3 Å². The number of methoxy groups -OCH3 is 1. The van der Waals surface area contributed by atoms with Crippen molar-refractivity contribution < 1.29 is 14.6 Å². The van der Waals surface area contributed by atoms with Gasteiger partial charge in [0.1, 0.15) is 10.8 Å². The number of carbonyl (C=O) groups is 1. The molecule has 1 saturated heterocycles. The monoisotopic (exact) mass is 479 g/mol. The number of aliphatic hydroxyl groups is 1. The molecule has 1 fully saturated rings. The third-order valence-corrected chi connectivity index (χ3v) is 7.73. The van der Waals surface area contributed by atoms with Gasteiger partial charge in [0.25, 0.3) is 5.91 Å². The highest BCUT2D eigenvalue weighted by Crippen LogP contribution is 2.43. The number of piperazine rings is 1. The number of amides is 1. The third kappa shape index (κ3) is 5.33. The highest BCUT2D eigenvalue weighted by Gasteiger charge is 2.31. The van der Waals surface area contributed by atoms with E-state index in [1.54, 1.807) is 18.4 Å². The van der Waals surface area contributed by atoms with E-state index >= 15 is 0 Å². The summed E-state index contributed by atoms with van der Waals surface area (Å²) in [5.74, 6) is 0.732. The van der Waals surface area contributed by atoms with E-state index < -0.39 is 0 Å². The summed E-state index contributed by atoms with van der Waals surface area (Å²) in [4.78, 5) is 19.0. The van der Waals surface area contributed by atoms with Gasteiger partial charge in [-0.2, -0.15) is 0 Å². The minimum Gasteiger partial charge on any atom is -0.497 e. The zero-order valence-corrected chi connectivity index (χ0v) is 20.9. The summed E-state index contributed by atoms with van der Waals surface area (Å²) in [6.07, 6.45) is 0. The molecule has 2 N–H and O–H groups in total. The standard InChI is InChI=1S/C27H33N3O3S/c1-19-20(2)34-27(28-26(32)22-7-5-4-6-8-22)24(19)25(21-9-11-23(33-3)12-10-21)30-15-13-29(14-16-30)17-18-31/h4-12,25,31H,13-18H2,1-3H3,(H,28,32)/t25-/m0/s1. The van der Waals surface area contributed by atoms with Gasteiger partial charge in [-0.25, -0.2) is 0 Å². The molecule has 7 heteroatoms. The molecule has 0 unspecified atom stereocenters. The molecule has 2 heterocycles. The number of benzene rings is 2. The number of ether oxygens (including phenoxy) is 1. The Morgan fingerprint density at radius 3 is 2.35 bits per heavy atom. The first-order valence-electron chi connectivity index (χ1n) is 11.7. The van der Waals surface area contributed by atoms with Crippen molar-refractivity contribution >= 4 is 22.2 Å². The van der Waals surface area contributed by atoms with Gasteiger partial charge in [0.05, 0.1) is 19.8 Å². The molecule has 1 amide bonds. The summed E-state index contributed by atoms with van der Waals surface area (Å²) in [5.41, 5.74) is 4.20. The summed E-state index contributed by atoms with van der Waals surface area (Å²) >= 11 is 1.64. The summed E-state index contributed by atoms with van der Waals surface area (Å²) < 4.78 is 5.40. The van der Waals surface area contributed by atoms with Crippen LogP contribution in [0.3, 0.4) is 0 Å². The average molecular weight is 480 g/mol. The second kappa shape index (κ2) is 11.1. The average Bonchev–Trinajstić information content (AvgIpc) is 3.14. The number of hydrogen-bond acceptors (Lipinski definition) is 6. The van der Waals surface area contributed by atoms with Crippen molar-refractivity contribution in [2.75, 3.05) is 51.8 Å². The Morgan fingerprint density at radius 2 is 1.74 bits per heavy atom. The fourth-order valence-electron chi connectivity index (χ4n) is 4.56. The number of thiophene rings is 1. The highest BCUT2D eigenvalue weighted by molar-refractivity contribution is 7.16. The van der Waals surface area contributed by atoms with E-state index in [0.717, 1.165) is 42.5 Å². The number of rotatable bonds is 8. The number of anilines is 1. The Labute approximate surface area is 205 Å². The number of β-amino-alcohol motifs (C(OH)–C–C–N with tert-alkyl or cyclic N) is 1. The molecule has 34 heavy (non-hydrogen) atoms. The first kappa shape index (κ1) is 24.4. The van der Waals surface area contributed by atoms with Crippen LogP contribution in [-0.2, 0) is 0 Å². The van der Waals surface area contributed by atoms with Crippen molar-refractivity contribution in [1.29, 1.82) is 0 Å². The van der Waals surface area contributed by atoms with Gasteiger partial charge >= 0.3 is 0 Å². The van der Waals surface area contributed by atoms with Crippen LogP contribution < -0.4 is 10.1 Å². The predicted octanol–water partition coefficient (Wildman–Crippen LogP) is 4.33. The molecule has 0 bridgehead atoms. The van der Waals surface area contributed by atoms with Gasteiger partial charge in [-0.05, 0) is 49.2 Å². The predicted molar refractivity (Wildman–Crippen MR) is 138 cm³/mol. The minimum atomic E-state index is -0.0932. The number of aryl methyl sites for hydroxylation is 1. The SMILES string of the molecule is COc1ccc([C@@H](c2c(NC(=O)c3ccccc3)sc(C)c2C)N2CCN(CCO)CC2)cc1. The van der Waals surface area contributed by atoms with Gasteiger partial charge in [-0.15, -0.1) is 11.3 Å². The largest absolute Gasteiger partial charge is 0.497 e. The number of nitrogens with zero attached hydrogens (tertiary/aromatic N) is 2. The van der Waals surface area contributed by atoms with E-state index in [0.29, 0.717) is 12.1 Å². The number of hydrogen-bond donors (Lipinski definition) is 2. The van der Waals surface area contributed by atoms with Crippen LogP contribution in [0.1, 0.15) is 38.0 Å². The van der Waals surface area contributed by atoms with E-state index in [1.165, 1.54) is 16.0 Å². The van der Waals surface area contributed by atoms with Crippen LogP contribution in [0.4, 0.5) is 5.00 Å². The van der Waals surface area contributed by atoms with Crippen molar-refractivity contribution in [3.63, 3.8) is 0 Å². The zero-order valence-electron chi connectivity index (χ0n) is 20.1. The zero-order chi connectivity index (χ0) is 24.1. The molecule has 2 aromatic carbocycles. The van der Waals surface area contributed by atoms with Gasteiger partial charge in [0.15, 0.2) is 0 Å². The maximum absolute atomic E-state index is 13.1. The molecular formula is C27H33N3O3S. The number of nitrogens with one attached hydrogen (secondary N) is 1. The van der Waals surface area contributed by atoms with E-state index in [2.05, 4.69) is 41.1 Å². The maximum atomic E-state index is 13.1. The van der Waals surface area contributed by atoms with Crippen LogP contribution in [0.25, 0.3) is 0 Å². The van der Waals surface area contributed by atoms with Crippen molar-refractivity contribution in [2.45, 2.75) is 19.9 Å². The molecule has 0 aliphatic carbocycles.